The lowest BCUT2D eigenvalue weighted by molar-refractivity contribution is 0.0929. The van der Waals surface area contributed by atoms with Gasteiger partial charge in [0.2, 0.25) is 5.78 Å². The second-order valence-corrected chi connectivity index (χ2v) is 7.61. The minimum Gasteiger partial charge on any atom is -0.427 e. The van der Waals surface area contributed by atoms with Gasteiger partial charge < -0.3 is 15.1 Å². The zero-order chi connectivity index (χ0) is 17.4. The topological polar surface area (TPSA) is 84.2 Å². The second-order valence-electron chi connectivity index (χ2n) is 6.53. The van der Waals surface area contributed by atoms with Crippen LogP contribution in [0.15, 0.2) is 44.9 Å². The first kappa shape index (κ1) is 16.4. The van der Waals surface area contributed by atoms with Crippen LogP contribution < -0.4 is 10.6 Å². The lowest BCUT2D eigenvalue weighted by atomic mass is 9.95. The molecule has 2 bridgehead atoms. The maximum atomic E-state index is 12.4. The van der Waals surface area contributed by atoms with Gasteiger partial charge in [-0.25, -0.2) is 4.98 Å². The number of carbonyl (C=O) groups excluding carboxylic acids is 2. The molecule has 7 heteroatoms. The van der Waals surface area contributed by atoms with E-state index in [1.54, 1.807) is 12.1 Å². The Labute approximate surface area is 149 Å². The van der Waals surface area contributed by atoms with Crippen molar-refractivity contribution in [2.75, 3.05) is 0 Å². The van der Waals surface area contributed by atoms with Crippen LogP contribution in [0.25, 0.3) is 0 Å². The molecule has 3 atom stereocenters. The SMILES string of the molecule is CC(=O)c1ncc(Sc2ccc(C(=O)N[C@@H]3C[C@H]4CC[C@@H]3N4)cc2)o1. The van der Waals surface area contributed by atoms with Gasteiger partial charge in [0, 0.05) is 35.5 Å². The van der Waals surface area contributed by atoms with Gasteiger partial charge in [0.15, 0.2) is 5.09 Å². The van der Waals surface area contributed by atoms with Gasteiger partial charge in [0.25, 0.3) is 11.8 Å². The van der Waals surface area contributed by atoms with E-state index in [-0.39, 0.29) is 23.6 Å². The second kappa shape index (κ2) is 6.65. The van der Waals surface area contributed by atoms with Crippen LogP contribution in [0.2, 0.25) is 0 Å². The highest BCUT2D eigenvalue weighted by Crippen LogP contribution is 2.30. The van der Waals surface area contributed by atoms with Crippen molar-refractivity contribution < 1.29 is 14.0 Å². The van der Waals surface area contributed by atoms with Crippen molar-refractivity contribution in [3.63, 3.8) is 0 Å². The molecule has 2 aliphatic rings. The Hall–Kier alpha value is -2.12. The fourth-order valence-electron chi connectivity index (χ4n) is 3.50. The molecule has 0 aliphatic carbocycles. The highest BCUT2D eigenvalue weighted by Gasteiger charge is 2.39. The average Bonchev–Trinajstić information content (AvgIpc) is 3.32. The summed E-state index contributed by atoms with van der Waals surface area (Å²) < 4.78 is 5.36. The molecule has 2 aromatic rings. The number of fused-ring (bicyclic) bond motifs is 2. The lowest BCUT2D eigenvalue weighted by Gasteiger charge is -2.21. The van der Waals surface area contributed by atoms with Gasteiger partial charge in [-0.2, -0.15) is 0 Å². The molecule has 2 N–H and O–H groups in total. The van der Waals surface area contributed by atoms with Crippen LogP contribution >= 0.6 is 11.8 Å². The van der Waals surface area contributed by atoms with E-state index in [0.29, 0.717) is 22.7 Å². The Bertz CT molecular complexity index is 802. The third-order valence-corrected chi connectivity index (χ3v) is 5.63. The third-order valence-electron chi connectivity index (χ3n) is 4.74. The van der Waals surface area contributed by atoms with Crippen molar-refractivity contribution in [1.82, 2.24) is 15.6 Å². The molecule has 0 saturated carbocycles. The first-order chi connectivity index (χ1) is 12.1. The van der Waals surface area contributed by atoms with Crippen LogP contribution in [0.5, 0.6) is 0 Å². The van der Waals surface area contributed by atoms with Crippen molar-refractivity contribution in [2.45, 2.75) is 54.3 Å². The Morgan fingerprint density at radius 2 is 2.08 bits per heavy atom. The summed E-state index contributed by atoms with van der Waals surface area (Å²) in [6, 6.07) is 8.57. The van der Waals surface area contributed by atoms with Gasteiger partial charge in [-0.05, 0) is 43.5 Å². The van der Waals surface area contributed by atoms with E-state index < -0.39 is 0 Å². The van der Waals surface area contributed by atoms with Gasteiger partial charge in [-0.3, -0.25) is 9.59 Å². The monoisotopic (exact) mass is 357 g/mol. The number of oxazole rings is 1. The summed E-state index contributed by atoms with van der Waals surface area (Å²) in [5.74, 6) is -0.124. The van der Waals surface area contributed by atoms with E-state index in [4.69, 9.17) is 4.42 Å². The summed E-state index contributed by atoms with van der Waals surface area (Å²) in [5.41, 5.74) is 0.647. The van der Waals surface area contributed by atoms with Crippen LogP contribution in [-0.2, 0) is 0 Å². The quantitative estimate of drug-likeness (QED) is 0.801. The first-order valence-corrected chi connectivity index (χ1v) is 9.22. The molecule has 130 valence electrons. The maximum absolute atomic E-state index is 12.4. The number of Topliss-reactive ketones (excluding diaryl/α,β-unsaturated/α-hetero) is 1. The normalized spacial score (nSPS) is 24.4. The highest BCUT2D eigenvalue weighted by molar-refractivity contribution is 7.99. The number of nitrogens with zero attached hydrogens (tertiary/aromatic N) is 1. The smallest absolute Gasteiger partial charge is 0.263 e. The summed E-state index contributed by atoms with van der Waals surface area (Å²) in [6.45, 7) is 1.42. The molecule has 2 saturated heterocycles. The molecule has 1 amide bonds. The standard InChI is InChI=1S/C18H19N3O3S/c1-10(22)18-19-9-16(24-18)25-13-5-2-11(3-6-13)17(23)21-15-8-12-4-7-14(15)20-12/h2-3,5-6,9,12,14-15,20H,4,7-8H2,1H3,(H,21,23)/t12-,14+,15-/m1/s1. The third kappa shape index (κ3) is 3.48. The Balaban J connectivity index is 1.37. The number of carbonyl (C=O) groups is 2. The molecule has 1 aromatic carbocycles. The number of ketones is 1. The summed E-state index contributed by atoms with van der Waals surface area (Å²) in [5, 5.41) is 7.21. The zero-order valence-corrected chi connectivity index (χ0v) is 14.6. The molecule has 2 fully saturated rings. The molecule has 6 nitrogen and oxygen atoms in total. The van der Waals surface area contributed by atoms with Gasteiger partial charge in [0.05, 0.1) is 6.20 Å². The molecule has 0 unspecified atom stereocenters. The highest BCUT2D eigenvalue weighted by atomic mass is 32.2. The summed E-state index contributed by atoms with van der Waals surface area (Å²) in [6.07, 6.45) is 4.92. The van der Waals surface area contributed by atoms with Crippen molar-refractivity contribution in [2.24, 2.45) is 0 Å². The molecule has 1 aromatic heterocycles. The molecule has 2 aliphatic heterocycles. The number of rotatable bonds is 5. The fraction of sp³-hybridized carbons (Fsp3) is 0.389. The van der Waals surface area contributed by atoms with Crippen molar-refractivity contribution >= 4 is 23.5 Å². The van der Waals surface area contributed by atoms with E-state index in [9.17, 15) is 9.59 Å². The average molecular weight is 357 g/mol. The lowest BCUT2D eigenvalue weighted by Crippen LogP contribution is -2.42. The van der Waals surface area contributed by atoms with Crippen LogP contribution in [0.4, 0.5) is 0 Å². The van der Waals surface area contributed by atoms with Gasteiger partial charge >= 0.3 is 0 Å². The maximum Gasteiger partial charge on any atom is 0.263 e. The molecule has 0 spiro atoms. The molecule has 4 rings (SSSR count). The predicted molar refractivity (Wildman–Crippen MR) is 92.9 cm³/mol. The summed E-state index contributed by atoms with van der Waals surface area (Å²) in [7, 11) is 0. The van der Waals surface area contributed by atoms with E-state index in [1.165, 1.54) is 31.3 Å². The minimum atomic E-state index is -0.200. The van der Waals surface area contributed by atoms with E-state index in [1.807, 2.05) is 12.1 Å². The molecule has 0 radical (unpaired) electrons. The van der Waals surface area contributed by atoms with Crippen molar-refractivity contribution in [3.05, 3.63) is 41.9 Å². The van der Waals surface area contributed by atoms with Crippen LogP contribution in [-0.4, -0.2) is 34.8 Å². The number of nitrogens with one attached hydrogen (secondary N) is 2. The number of amides is 1. The van der Waals surface area contributed by atoms with Gasteiger partial charge in [-0.1, -0.05) is 11.8 Å². The van der Waals surface area contributed by atoms with E-state index in [2.05, 4.69) is 15.6 Å². The van der Waals surface area contributed by atoms with Crippen molar-refractivity contribution in [3.8, 4) is 0 Å². The minimum absolute atomic E-state index is 0.0329. The van der Waals surface area contributed by atoms with Gasteiger partial charge in [-0.15, -0.1) is 0 Å². The number of aromatic nitrogens is 1. The molecular weight excluding hydrogens is 338 g/mol. The number of hydrogen-bond donors (Lipinski definition) is 2. The molecule has 25 heavy (non-hydrogen) atoms. The number of hydrogen-bond acceptors (Lipinski definition) is 6. The van der Waals surface area contributed by atoms with E-state index in [0.717, 1.165) is 17.7 Å². The van der Waals surface area contributed by atoms with Gasteiger partial charge in [0.1, 0.15) is 0 Å². The Morgan fingerprint density at radius 3 is 2.68 bits per heavy atom. The van der Waals surface area contributed by atoms with Crippen LogP contribution in [0, 0.1) is 0 Å². The predicted octanol–water partition coefficient (Wildman–Crippen LogP) is 2.65. The first-order valence-electron chi connectivity index (χ1n) is 8.40. The van der Waals surface area contributed by atoms with Crippen LogP contribution in [0.1, 0.15) is 47.2 Å². The Kier molecular flexibility index (Phi) is 4.35. The zero-order valence-electron chi connectivity index (χ0n) is 13.8. The van der Waals surface area contributed by atoms with E-state index >= 15 is 0 Å². The summed E-state index contributed by atoms with van der Waals surface area (Å²) >= 11 is 1.37. The number of benzene rings is 1. The Morgan fingerprint density at radius 1 is 1.28 bits per heavy atom. The van der Waals surface area contributed by atoms with Crippen LogP contribution in [0.3, 0.4) is 0 Å². The summed E-state index contributed by atoms with van der Waals surface area (Å²) in [4.78, 5) is 28.5. The molecular formula is C18H19N3O3S. The largest absolute Gasteiger partial charge is 0.427 e. The molecule has 3 heterocycles. The van der Waals surface area contributed by atoms with Crippen molar-refractivity contribution in [1.29, 1.82) is 0 Å². The fourth-order valence-corrected chi connectivity index (χ4v) is 4.23.